The first-order chi connectivity index (χ1) is 11.7. The molecule has 25 heavy (non-hydrogen) atoms. The molecule has 140 valence electrons. The van der Waals surface area contributed by atoms with Gasteiger partial charge in [0.2, 0.25) is 0 Å². The molecule has 1 aliphatic heterocycles. The Labute approximate surface area is 150 Å². The van der Waals surface area contributed by atoms with Gasteiger partial charge < -0.3 is 9.26 Å². The van der Waals surface area contributed by atoms with Gasteiger partial charge in [-0.25, -0.2) is 4.57 Å². The smallest absolute Gasteiger partial charge is 0.489 e. The van der Waals surface area contributed by atoms with Crippen LogP contribution in [0.2, 0.25) is 0 Å². The van der Waals surface area contributed by atoms with Crippen LogP contribution >= 0.6 is 7.82 Å². The van der Waals surface area contributed by atoms with Crippen LogP contribution < -0.4 is 9.26 Å². The largest absolute Gasteiger partial charge is 0.524 e. The molecule has 0 spiro atoms. The van der Waals surface area contributed by atoms with Crippen LogP contribution in [0.15, 0.2) is 12.1 Å². The van der Waals surface area contributed by atoms with Crippen molar-refractivity contribution in [3.8, 4) is 11.5 Å². The molecule has 2 unspecified atom stereocenters. The molecule has 0 bridgehead atoms. The second-order valence-electron chi connectivity index (χ2n) is 8.00. The van der Waals surface area contributed by atoms with Gasteiger partial charge >= 0.3 is 7.82 Å². The first kappa shape index (κ1) is 18.8. The number of unbranched alkanes of at least 4 members (excludes halogenated alkanes) is 1. The van der Waals surface area contributed by atoms with Crippen molar-refractivity contribution in [1.29, 1.82) is 0 Å². The number of phosphoric ester groups is 1. The molecule has 2 N–H and O–H groups in total. The van der Waals surface area contributed by atoms with Gasteiger partial charge in [-0.15, -0.1) is 0 Å². The van der Waals surface area contributed by atoms with Gasteiger partial charge in [-0.2, -0.15) is 0 Å². The lowest BCUT2D eigenvalue weighted by molar-refractivity contribution is 0.163. The van der Waals surface area contributed by atoms with Crippen molar-refractivity contribution < 1.29 is 23.6 Å². The monoisotopic (exact) mass is 368 g/mol. The van der Waals surface area contributed by atoms with E-state index in [1.54, 1.807) is 0 Å². The Morgan fingerprint density at radius 3 is 2.68 bits per heavy atom. The maximum Gasteiger partial charge on any atom is 0.524 e. The normalized spacial score (nSPS) is 22.9. The van der Waals surface area contributed by atoms with E-state index in [9.17, 15) is 14.4 Å². The summed E-state index contributed by atoms with van der Waals surface area (Å²) in [6, 6.07) is 3.89. The summed E-state index contributed by atoms with van der Waals surface area (Å²) in [4.78, 5) is 18.8. The van der Waals surface area contributed by atoms with Gasteiger partial charge in [-0.3, -0.25) is 9.79 Å². The molecular weight excluding hydrogens is 339 g/mol. The third kappa shape index (κ3) is 4.05. The van der Waals surface area contributed by atoms with Gasteiger partial charge in [0.05, 0.1) is 0 Å². The first-order valence-corrected chi connectivity index (χ1v) is 10.8. The second-order valence-corrected chi connectivity index (χ2v) is 9.17. The highest BCUT2D eigenvalue weighted by molar-refractivity contribution is 7.46. The molecule has 1 aliphatic carbocycles. The molecule has 1 aromatic carbocycles. The van der Waals surface area contributed by atoms with Gasteiger partial charge in [-0.05, 0) is 48.8 Å². The van der Waals surface area contributed by atoms with Crippen molar-refractivity contribution in [2.75, 3.05) is 0 Å². The highest BCUT2D eigenvalue weighted by atomic mass is 31.2. The number of fused-ring (bicyclic) bond motifs is 3. The summed E-state index contributed by atoms with van der Waals surface area (Å²) >= 11 is 0. The molecule has 1 heterocycles. The number of ether oxygens (including phenoxy) is 1. The lowest BCUT2D eigenvalue weighted by Crippen LogP contribution is -2.22. The molecule has 0 aromatic heterocycles. The molecular formula is C19H29O5P. The summed E-state index contributed by atoms with van der Waals surface area (Å²) in [6.45, 7) is 6.48. The third-order valence-corrected chi connectivity index (χ3v) is 6.04. The molecule has 3 rings (SSSR count). The van der Waals surface area contributed by atoms with Crippen LogP contribution in [0.5, 0.6) is 11.5 Å². The molecule has 5 nitrogen and oxygen atoms in total. The Morgan fingerprint density at radius 2 is 2.00 bits per heavy atom. The predicted molar refractivity (Wildman–Crippen MR) is 97.3 cm³/mol. The van der Waals surface area contributed by atoms with Crippen LogP contribution in [0.4, 0.5) is 0 Å². The topological polar surface area (TPSA) is 76.0 Å². The molecule has 2 atom stereocenters. The Bertz CT molecular complexity index is 679. The van der Waals surface area contributed by atoms with Crippen molar-refractivity contribution in [1.82, 2.24) is 0 Å². The Hall–Kier alpha value is -1.03. The SMILES string of the molecule is CCCCC(C)(C)c1cc2c(c(OP(=O)(O)O)c1)C1CCCCC1O2. The fourth-order valence-corrected chi connectivity index (χ4v) is 4.56. The van der Waals surface area contributed by atoms with E-state index in [-0.39, 0.29) is 17.4 Å². The average molecular weight is 368 g/mol. The number of hydrogen-bond donors (Lipinski definition) is 2. The maximum absolute atomic E-state index is 11.5. The van der Waals surface area contributed by atoms with Crippen LogP contribution in [0.1, 0.15) is 82.8 Å². The Balaban J connectivity index is 2.04. The summed E-state index contributed by atoms with van der Waals surface area (Å²) in [5.74, 6) is 1.24. The van der Waals surface area contributed by atoms with Gasteiger partial charge in [0, 0.05) is 11.5 Å². The van der Waals surface area contributed by atoms with E-state index in [0.29, 0.717) is 5.75 Å². The highest BCUT2D eigenvalue weighted by Gasteiger charge is 2.40. The van der Waals surface area contributed by atoms with E-state index in [1.807, 2.05) is 6.07 Å². The van der Waals surface area contributed by atoms with Gasteiger partial charge in [0.1, 0.15) is 17.6 Å². The molecule has 1 aromatic rings. The summed E-state index contributed by atoms with van der Waals surface area (Å²) in [6.07, 6.45) is 7.55. The first-order valence-electron chi connectivity index (χ1n) is 9.31. The number of hydrogen-bond acceptors (Lipinski definition) is 3. The Kier molecular flexibility index (Phi) is 5.21. The minimum Gasteiger partial charge on any atom is -0.489 e. The van der Waals surface area contributed by atoms with Crippen LogP contribution in [0.3, 0.4) is 0 Å². The van der Waals surface area contributed by atoms with Crippen molar-refractivity contribution >= 4 is 7.82 Å². The fraction of sp³-hybridized carbons (Fsp3) is 0.684. The zero-order valence-corrected chi connectivity index (χ0v) is 16.2. The van der Waals surface area contributed by atoms with E-state index in [4.69, 9.17) is 9.26 Å². The Morgan fingerprint density at radius 1 is 1.28 bits per heavy atom. The lowest BCUT2D eigenvalue weighted by Gasteiger charge is -2.27. The molecule has 2 aliphatic rings. The third-order valence-electron chi connectivity index (χ3n) is 5.61. The average Bonchev–Trinajstić information content (AvgIpc) is 2.90. The van der Waals surface area contributed by atoms with E-state index in [0.717, 1.165) is 61.8 Å². The molecule has 0 radical (unpaired) electrons. The van der Waals surface area contributed by atoms with Crippen molar-refractivity contribution in [2.24, 2.45) is 0 Å². The van der Waals surface area contributed by atoms with E-state index >= 15 is 0 Å². The van der Waals surface area contributed by atoms with Crippen LogP contribution in [-0.2, 0) is 9.98 Å². The molecule has 0 saturated heterocycles. The van der Waals surface area contributed by atoms with Crippen LogP contribution in [0, 0.1) is 0 Å². The quantitative estimate of drug-likeness (QED) is 0.688. The van der Waals surface area contributed by atoms with Crippen LogP contribution in [-0.4, -0.2) is 15.9 Å². The zero-order chi connectivity index (χ0) is 18.2. The molecule has 1 saturated carbocycles. The minimum atomic E-state index is -4.62. The summed E-state index contributed by atoms with van der Waals surface area (Å²) < 4.78 is 22.8. The second kappa shape index (κ2) is 6.94. The zero-order valence-electron chi connectivity index (χ0n) is 15.3. The predicted octanol–water partition coefficient (Wildman–Crippen LogP) is 5.04. The van der Waals surface area contributed by atoms with Crippen molar-refractivity contribution in [2.45, 2.75) is 83.2 Å². The van der Waals surface area contributed by atoms with Crippen LogP contribution in [0.25, 0.3) is 0 Å². The van der Waals surface area contributed by atoms with Gasteiger partial charge in [-0.1, -0.05) is 40.0 Å². The molecule has 1 fully saturated rings. The maximum atomic E-state index is 11.5. The standard InChI is InChI=1S/C19H29O5P/c1-4-5-10-19(2,3)13-11-16-18(17(12-13)24-25(20,21)22)14-8-6-7-9-15(14)23-16/h11-12,14-15H,4-10H2,1-3H3,(H2,20,21,22). The van der Waals surface area contributed by atoms with Gasteiger partial charge in [0.25, 0.3) is 0 Å². The van der Waals surface area contributed by atoms with Gasteiger partial charge in [0.15, 0.2) is 0 Å². The highest BCUT2D eigenvalue weighted by Crippen LogP contribution is 2.54. The summed E-state index contributed by atoms with van der Waals surface area (Å²) in [5, 5.41) is 0. The van der Waals surface area contributed by atoms with E-state index in [2.05, 4.69) is 26.8 Å². The van der Waals surface area contributed by atoms with Crippen molar-refractivity contribution in [3.63, 3.8) is 0 Å². The number of rotatable bonds is 6. The van der Waals surface area contributed by atoms with E-state index < -0.39 is 7.82 Å². The number of phosphoric acid groups is 1. The molecule has 0 amide bonds. The fourth-order valence-electron chi connectivity index (χ4n) is 4.15. The lowest BCUT2D eigenvalue weighted by atomic mass is 9.78. The summed E-state index contributed by atoms with van der Waals surface area (Å²) in [5.41, 5.74) is 1.76. The van der Waals surface area contributed by atoms with Crippen molar-refractivity contribution in [3.05, 3.63) is 23.3 Å². The van der Waals surface area contributed by atoms with E-state index in [1.165, 1.54) is 0 Å². The minimum absolute atomic E-state index is 0.102. The number of benzene rings is 1. The summed E-state index contributed by atoms with van der Waals surface area (Å²) in [7, 11) is -4.62. The molecule has 6 heteroatoms.